The molecule has 4 nitrogen and oxygen atoms in total. The SMILES string of the molecule is c1ccc(-n2c3ccc(-c4cccc(-c5ccc6c(c5)c5cc7c(cc5n6-c5ccccc5)oc5ccccc57)c4)cc3c3cc4c(cc32)oc2ccccc24)cc1. The third-order valence-electron chi connectivity index (χ3n) is 12.1. The predicted octanol–water partition coefficient (Wildman–Crippen LogP) is 15.0. The molecule has 58 heavy (non-hydrogen) atoms. The first-order valence-corrected chi connectivity index (χ1v) is 19.7. The average Bonchev–Trinajstić information content (AvgIpc) is 4.02. The van der Waals surface area contributed by atoms with E-state index in [-0.39, 0.29) is 0 Å². The van der Waals surface area contributed by atoms with Crippen LogP contribution in [0, 0.1) is 0 Å². The van der Waals surface area contributed by atoms with Gasteiger partial charge in [-0.2, -0.15) is 0 Å². The number of hydrogen-bond donors (Lipinski definition) is 0. The molecular formula is C54H32N2O2. The van der Waals surface area contributed by atoms with E-state index in [1.54, 1.807) is 0 Å². The monoisotopic (exact) mass is 740 g/mol. The third kappa shape index (κ3) is 4.51. The number of aromatic nitrogens is 2. The fourth-order valence-corrected chi connectivity index (χ4v) is 9.42. The molecule has 0 saturated carbocycles. The molecule has 270 valence electrons. The Morgan fingerprint density at radius 3 is 1.14 bits per heavy atom. The Labute approximate surface area is 332 Å². The molecule has 0 spiro atoms. The first-order valence-electron chi connectivity index (χ1n) is 19.7. The molecule has 0 aliphatic heterocycles. The summed E-state index contributed by atoms with van der Waals surface area (Å²) in [4.78, 5) is 0. The van der Waals surface area contributed by atoms with Gasteiger partial charge in [0, 0.05) is 66.6 Å². The van der Waals surface area contributed by atoms with Crippen LogP contribution >= 0.6 is 0 Å². The molecular weight excluding hydrogens is 709 g/mol. The van der Waals surface area contributed by atoms with Gasteiger partial charge in [-0.05, 0) is 101 Å². The van der Waals surface area contributed by atoms with Crippen LogP contribution in [-0.2, 0) is 0 Å². The zero-order chi connectivity index (χ0) is 37.9. The highest BCUT2D eigenvalue weighted by atomic mass is 16.3. The van der Waals surface area contributed by atoms with Crippen LogP contribution in [0.15, 0.2) is 203 Å². The van der Waals surface area contributed by atoms with Gasteiger partial charge in [-0.25, -0.2) is 0 Å². The van der Waals surface area contributed by atoms with E-state index >= 15 is 0 Å². The van der Waals surface area contributed by atoms with Crippen LogP contribution in [0.5, 0.6) is 0 Å². The lowest BCUT2D eigenvalue weighted by molar-refractivity contribution is 0.669. The van der Waals surface area contributed by atoms with Gasteiger partial charge < -0.3 is 18.0 Å². The molecule has 4 heterocycles. The molecule has 9 aromatic carbocycles. The Balaban J connectivity index is 0.994. The van der Waals surface area contributed by atoms with E-state index in [0.29, 0.717) is 0 Å². The zero-order valence-corrected chi connectivity index (χ0v) is 31.2. The van der Waals surface area contributed by atoms with Crippen LogP contribution in [-0.4, -0.2) is 9.13 Å². The van der Waals surface area contributed by atoms with Gasteiger partial charge in [0.05, 0.1) is 22.1 Å². The van der Waals surface area contributed by atoms with E-state index in [0.717, 1.165) is 77.3 Å². The van der Waals surface area contributed by atoms with Gasteiger partial charge in [0.25, 0.3) is 0 Å². The summed E-state index contributed by atoms with van der Waals surface area (Å²) >= 11 is 0. The maximum Gasteiger partial charge on any atom is 0.137 e. The lowest BCUT2D eigenvalue weighted by Gasteiger charge is -2.10. The van der Waals surface area contributed by atoms with Gasteiger partial charge >= 0.3 is 0 Å². The topological polar surface area (TPSA) is 36.1 Å². The van der Waals surface area contributed by atoms with E-state index in [1.807, 2.05) is 24.3 Å². The fraction of sp³-hybridized carbons (Fsp3) is 0. The van der Waals surface area contributed by atoms with Crippen molar-refractivity contribution in [2.75, 3.05) is 0 Å². The summed E-state index contributed by atoms with van der Waals surface area (Å²) in [6, 6.07) is 69.7. The zero-order valence-electron chi connectivity index (χ0n) is 31.2. The predicted molar refractivity (Wildman–Crippen MR) is 241 cm³/mol. The van der Waals surface area contributed by atoms with Gasteiger partial charge in [-0.15, -0.1) is 0 Å². The van der Waals surface area contributed by atoms with Crippen molar-refractivity contribution in [3.05, 3.63) is 194 Å². The lowest BCUT2D eigenvalue weighted by atomic mass is 9.97. The lowest BCUT2D eigenvalue weighted by Crippen LogP contribution is -1.93. The molecule has 0 N–H and O–H groups in total. The minimum absolute atomic E-state index is 0.896. The molecule has 0 aliphatic carbocycles. The highest BCUT2D eigenvalue weighted by Crippen LogP contribution is 2.42. The summed E-state index contributed by atoms with van der Waals surface area (Å²) < 4.78 is 17.5. The number of nitrogens with zero attached hydrogens (tertiary/aromatic N) is 2. The van der Waals surface area contributed by atoms with Crippen LogP contribution in [0.25, 0.3) is 121 Å². The first-order chi connectivity index (χ1) is 28.7. The first kappa shape index (κ1) is 31.4. The normalized spacial score (nSPS) is 12.1. The molecule has 13 rings (SSSR count). The number of para-hydroxylation sites is 4. The standard InChI is InChI=1S/C54H32N2O2/c1-3-14-37(15-4-1)55-47-24-22-35(27-41(47)43-29-45-39-18-7-9-20-51(39)57-53(45)31-49(43)55)33-12-11-13-34(26-33)36-23-25-48-42(28-36)44-30-46-40-19-8-10-21-52(40)58-54(46)32-50(44)56(48)38-16-5-2-6-17-38/h1-32H. The van der Waals surface area contributed by atoms with Crippen LogP contribution < -0.4 is 0 Å². The van der Waals surface area contributed by atoms with Gasteiger partial charge in [-0.1, -0.05) is 103 Å². The minimum Gasteiger partial charge on any atom is -0.456 e. The van der Waals surface area contributed by atoms with E-state index in [9.17, 15) is 0 Å². The molecule has 0 amide bonds. The van der Waals surface area contributed by atoms with E-state index in [1.165, 1.54) is 43.8 Å². The molecule has 4 heteroatoms. The quantitative estimate of drug-likeness (QED) is 0.180. The fourth-order valence-electron chi connectivity index (χ4n) is 9.42. The minimum atomic E-state index is 0.896. The van der Waals surface area contributed by atoms with Crippen molar-refractivity contribution in [2.45, 2.75) is 0 Å². The number of benzene rings is 9. The third-order valence-corrected chi connectivity index (χ3v) is 12.1. The molecule has 0 fully saturated rings. The van der Waals surface area contributed by atoms with Gasteiger partial charge in [0.15, 0.2) is 0 Å². The van der Waals surface area contributed by atoms with Crippen LogP contribution in [0.2, 0.25) is 0 Å². The van der Waals surface area contributed by atoms with Gasteiger partial charge in [0.1, 0.15) is 22.3 Å². The molecule has 0 atom stereocenters. The highest BCUT2D eigenvalue weighted by molar-refractivity contribution is 6.19. The largest absolute Gasteiger partial charge is 0.456 e. The Bertz CT molecular complexity index is 3540. The van der Waals surface area contributed by atoms with Crippen molar-refractivity contribution in [3.8, 4) is 33.6 Å². The second-order valence-electron chi connectivity index (χ2n) is 15.3. The van der Waals surface area contributed by atoms with Crippen LogP contribution in [0.1, 0.15) is 0 Å². The molecule has 4 aromatic heterocycles. The van der Waals surface area contributed by atoms with E-state index in [4.69, 9.17) is 8.83 Å². The number of hydrogen-bond acceptors (Lipinski definition) is 2. The molecule has 0 radical (unpaired) electrons. The van der Waals surface area contributed by atoms with Crippen molar-refractivity contribution in [3.63, 3.8) is 0 Å². The second kappa shape index (κ2) is 11.8. The summed E-state index contributed by atoms with van der Waals surface area (Å²) in [6.45, 7) is 0. The molecule has 0 bridgehead atoms. The summed E-state index contributed by atoms with van der Waals surface area (Å²) in [7, 11) is 0. The second-order valence-corrected chi connectivity index (χ2v) is 15.3. The Hall–Kier alpha value is -7.82. The summed E-state index contributed by atoms with van der Waals surface area (Å²) in [5.74, 6) is 0. The Morgan fingerprint density at radius 1 is 0.241 bits per heavy atom. The average molecular weight is 741 g/mol. The number of fused-ring (bicyclic) bond motifs is 12. The summed E-state index contributed by atoms with van der Waals surface area (Å²) in [5.41, 5.74) is 15.1. The van der Waals surface area contributed by atoms with Crippen molar-refractivity contribution < 1.29 is 8.83 Å². The van der Waals surface area contributed by atoms with Gasteiger partial charge in [-0.3, -0.25) is 0 Å². The molecule has 13 aromatic rings. The van der Waals surface area contributed by atoms with Crippen LogP contribution in [0.3, 0.4) is 0 Å². The van der Waals surface area contributed by atoms with Crippen molar-refractivity contribution in [1.82, 2.24) is 9.13 Å². The Kier molecular flexibility index (Phi) is 6.41. The molecule has 0 aliphatic rings. The van der Waals surface area contributed by atoms with Crippen molar-refractivity contribution in [2.24, 2.45) is 0 Å². The van der Waals surface area contributed by atoms with Gasteiger partial charge in [0.2, 0.25) is 0 Å². The molecule has 0 saturated heterocycles. The van der Waals surface area contributed by atoms with Crippen molar-refractivity contribution in [1.29, 1.82) is 0 Å². The summed E-state index contributed by atoms with van der Waals surface area (Å²) in [6.07, 6.45) is 0. The highest BCUT2D eigenvalue weighted by Gasteiger charge is 2.19. The van der Waals surface area contributed by atoms with E-state index in [2.05, 4.69) is 179 Å². The van der Waals surface area contributed by atoms with Crippen molar-refractivity contribution >= 4 is 87.5 Å². The Morgan fingerprint density at radius 2 is 0.655 bits per heavy atom. The van der Waals surface area contributed by atoms with Crippen LogP contribution in [0.4, 0.5) is 0 Å². The number of furan rings is 2. The maximum absolute atomic E-state index is 6.38. The van der Waals surface area contributed by atoms with E-state index < -0.39 is 0 Å². The molecule has 0 unspecified atom stereocenters. The maximum atomic E-state index is 6.38. The number of rotatable bonds is 4. The smallest absolute Gasteiger partial charge is 0.137 e. The summed E-state index contributed by atoms with van der Waals surface area (Å²) in [5, 5.41) is 9.36.